The Kier molecular flexibility index (Phi) is 3.28. The fourth-order valence-corrected chi connectivity index (χ4v) is 4.14. The van der Waals surface area contributed by atoms with Gasteiger partial charge in [-0.1, -0.05) is 12.8 Å². The number of carbonyl (C=O) groups excluding carboxylic acids is 1. The molecule has 1 saturated heterocycles. The Bertz CT molecular complexity index is 647. The summed E-state index contributed by atoms with van der Waals surface area (Å²) in [4.78, 5) is 22.6. The second kappa shape index (κ2) is 5.11. The molecule has 0 aromatic carbocycles. The first-order valence-electron chi connectivity index (χ1n) is 8.21. The van der Waals surface area contributed by atoms with Crippen LogP contribution in [0.3, 0.4) is 0 Å². The van der Waals surface area contributed by atoms with E-state index in [-0.39, 0.29) is 29.8 Å². The van der Waals surface area contributed by atoms with E-state index in [1.165, 1.54) is 23.9 Å². The molecule has 2 N–H and O–H groups in total. The summed E-state index contributed by atoms with van der Waals surface area (Å²) >= 11 is 0. The van der Waals surface area contributed by atoms with Crippen molar-refractivity contribution >= 4 is 11.7 Å². The predicted molar refractivity (Wildman–Crippen MR) is 80.1 cm³/mol. The van der Waals surface area contributed by atoms with E-state index in [1.54, 1.807) is 0 Å². The Balaban J connectivity index is 1.51. The number of likely N-dealkylation sites (tertiary alicyclic amines) is 1. The summed E-state index contributed by atoms with van der Waals surface area (Å²) in [5.74, 6) is 0.783. The van der Waals surface area contributed by atoms with Crippen LogP contribution in [0, 0.1) is 11.3 Å². The van der Waals surface area contributed by atoms with Gasteiger partial charge in [-0.05, 0) is 25.2 Å². The van der Waals surface area contributed by atoms with Gasteiger partial charge in [0, 0.05) is 25.2 Å². The summed E-state index contributed by atoms with van der Waals surface area (Å²) in [7, 11) is 0. The molecule has 7 heteroatoms. The number of nitrogens with two attached hydrogens (primary N) is 1. The maximum absolute atomic E-state index is 13.1. The second-order valence-corrected chi connectivity index (χ2v) is 7.13. The molecule has 3 aliphatic rings. The number of halogens is 2. The molecule has 3 fully saturated rings. The molecule has 2 saturated carbocycles. The van der Waals surface area contributed by atoms with Gasteiger partial charge in [-0.3, -0.25) is 4.79 Å². The molecule has 2 heterocycles. The summed E-state index contributed by atoms with van der Waals surface area (Å²) in [5, 5.41) is 0. The monoisotopic (exact) mass is 322 g/mol. The third-order valence-electron chi connectivity index (χ3n) is 5.71. The van der Waals surface area contributed by atoms with Crippen molar-refractivity contribution in [3.05, 3.63) is 17.6 Å². The molecular formula is C16H20F2N4O. The molecule has 23 heavy (non-hydrogen) atoms. The third kappa shape index (κ3) is 2.28. The number of rotatable bonds is 3. The summed E-state index contributed by atoms with van der Waals surface area (Å²) < 4.78 is 26.2. The van der Waals surface area contributed by atoms with E-state index in [2.05, 4.69) is 9.97 Å². The number of carbonyl (C=O) groups is 1. The van der Waals surface area contributed by atoms with Crippen molar-refractivity contribution < 1.29 is 13.6 Å². The van der Waals surface area contributed by atoms with Gasteiger partial charge in [0.05, 0.1) is 5.41 Å². The molecule has 1 amide bonds. The minimum absolute atomic E-state index is 0.0774. The minimum Gasteiger partial charge on any atom is -0.383 e. The van der Waals surface area contributed by atoms with Crippen LogP contribution in [0.5, 0.6) is 0 Å². The van der Waals surface area contributed by atoms with E-state index >= 15 is 0 Å². The van der Waals surface area contributed by atoms with Crippen LogP contribution in [0.2, 0.25) is 0 Å². The molecule has 0 bridgehead atoms. The average molecular weight is 322 g/mol. The van der Waals surface area contributed by atoms with E-state index in [0.29, 0.717) is 24.7 Å². The molecule has 2 atom stereocenters. The Morgan fingerprint density at radius 3 is 2.74 bits per heavy atom. The summed E-state index contributed by atoms with van der Waals surface area (Å²) in [6.45, 7) is 0.491. The van der Waals surface area contributed by atoms with E-state index in [4.69, 9.17) is 5.73 Å². The lowest BCUT2D eigenvalue weighted by Crippen LogP contribution is -2.34. The van der Waals surface area contributed by atoms with Crippen molar-refractivity contribution in [1.82, 2.24) is 14.9 Å². The molecule has 0 radical (unpaired) electrons. The SMILES string of the molecule is Nc1nc(C2CCCC2)ncc1C(=O)N1CC2CC2(C(F)F)C1. The largest absolute Gasteiger partial charge is 0.383 e. The van der Waals surface area contributed by atoms with Gasteiger partial charge in [0.2, 0.25) is 6.43 Å². The highest BCUT2D eigenvalue weighted by Gasteiger charge is 2.66. The predicted octanol–water partition coefficient (Wildman–Crippen LogP) is 2.44. The van der Waals surface area contributed by atoms with Gasteiger partial charge in [0.1, 0.15) is 17.2 Å². The van der Waals surface area contributed by atoms with Crippen LogP contribution in [-0.4, -0.2) is 40.3 Å². The first-order valence-corrected chi connectivity index (χ1v) is 8.21. The zero-order valence-corrected chi connectivity index (χ0v) is 12.8. The van der Waals surface area contributed by atoms with Crippen molar-refractivity contribution in [2.75, 3.05) is 18.8 Å². The Morgan fingerprint density at radius 2 is 2.13 bits per heavy atom. The van der Waals surface area contributed by atoms with Crippen LogP contribution >= 0.6 is 0 Å². The van der Waals surface area contributed by atoms with Gasteiger partial charge in [0.15, 0.2) is 0 Å². The van der Waals surface area contributed by atoms with Gasteiger partial charge in [-0.25, -0.2) is 18.7 Å². The van der Waals surface area contributed by atoms with Crippen LogP contribution in [0.1, 0.15) is 54.2 Å². The lowest BCUT2D eigenvalue weighted by atomic mass is 10.1. The van der Waals surface area contributed by atoms with Crippen molar-refractivity contribution in [1.29, 1.82) is 0 Å². The zero-order chi connectivity index (χ0) is 16.2. The first kappa shape index (κ1) is 14.8. The molecular weight excluding hydrogens is 302 g/mol. The van der Waals surface area contributed by atoms with Crippen molar-refractivity contribution in [2.24, 2.45) is 11.3 Å². The summed E-state index contributed by atoms with van der Waals surface area (Å²) in [6, 6.07) is 0. The fourth-order valence-electron chi connectivity index (χ4n) is 4.14. The number of hydrogen-bond donors (Lipinski definition) is 1. The first-order chi connectivity index (χ1) is 11.0. The van der Waals surface area contributed by atoms with Gasteiger partial charge >= 0.3 is 0 Å². The van der Waals surface area contributed by atoms with Crippen molar-refractivity contribution in [3.63, 3.8) is 0 Å². The zero-order valence-electron chi connectivity index (χ0n) is 12.8. The summed E-state index contributed by atoms with van der Waals surface area (Å²) in [6.07, 6.45) is 4.05. The molecule has 1 aliphatic heterocycles. The number of aromatic nitrogens is 2. The maximum Gasteiger partial charge on any atom is 0.259 e. The normalized spacial score (nSPS) is 30.0. The van der Waals surface area contributed by atoms with E-state index in [9.17, 15) is 13.6 Å². The molecule has 2 unspecified atom stereocenters. The fraction of sp³-hybridized carbons (Fsp3) is 0.688. The topological polar surface area (TPSA) is 72.1 Å². The molecule has 4 rings (SSSR count). The molecule has 1 aromatic heterocycles. The Labute approximate surface area is 133 Å². The highest BCUT2D eigenvalue weighted by molar-refractivity contribution is 5.98. The number of alkyl halides is 2. The Morgan fingerprint density at radius 1 is 1.39 bits per heavy atom. The van der Waals surface area contributed by atoms with E-state index in [1.807, 2.05) is 0 Å². The van der Waals surface area contributed by atoms with Crippen molar-refractivity contribution in [3.8, 4) is 0 Å². The number of anilines is 1. The number of amides is 1. The standard InChI is InChI=1S/C16H20F2N4O/c17-15(18)16-5-10(16)7-22(8-16)14(23)11-6-20-13(21-12(11)19)9-3-1-2-4-9/h6,9-10,15H,1-5,7-8H2,(H2,19,20,21). The second-order valence-electron chi connectivity index (χ2n) is 7.13. The molecule has 1 aromatic rings. The lowest BCUT2D eigenvalue weighted by molar-refractivity contribution is 0.0488. The number of piperidine rings is 1. The number of nitrogens with zero attached hydrogens (tertiary/aromatic N) is 3. The quantitative estimate of drug-likeness (QED) is 0.928. The van der Waals surface area contributed by atoms with Crippen LogP contribution in [0.15, 0.2) is 6.20 Å². The molecule has 124 valence electrons. The number of hydrogen-bond acceptors (Lipinski definition) is 4. The number of fused-ring (bicyclic) bond motifs is 1. The highest BCUT2D eigenvalue weighted by Crippen LogP contribution is 2.61. The maximum atomic E-state index is 13.1. The van der Waals surface area contributed by atoms with E-state index < -0.39 is 11.8 Å². The smallest absolute Gasteiger partial charge is 0.259 e. The van der Waals surface area contributed by atoms with Crippen LogP contribution in [0.4, 0.5) is 14.6 Å². The summed E-state index contributed by atoms with van der Waals surface area (Å²) in [5.41, 5.74) is 5.21. The van der Waals surface area contributed by atoms with E-state index in [0.717, 1.165) is 12.8 Å². The lowest BCUT2D eigenvalue weighted by Gasteiger charge is -2.21. The Hall–Kier alpha value is -1.79. The van der Waals surface area contributed by atoms with Crippen LogP contribution in [0.25, 0.3) is 0 Å². The molecule has 2 aliphatic carbocycles. The number of nitrogen functional groups attached to an aromatic ring is 1. The minimum atomic E-state index is -2.37. The third-order valence-corrected chi connectivity index (χ3v) is 5.71. The average Bonchev–Trinajstić information content (AvgIpc) is 2.94. The van der Waals surface area contributed by atoms with Crippen LogP contribution in [-0.2, 0) is 0 Å². The molecule has 0 spiro atoms. The van der Waals surface area contributed by atoms with Gasteiger partial charge in [-0.15, -0.1) is 0 Å². The van der Waals surface area contributed by atoms with Crippen LogP contribution < -0.4 is 5.73 Å². The van der Waals surface area contributed by atoms with Gasteiger partial charge in [0.25, 0.3) is 5.91 Å². The van der Waals surface area contributed by atoms with Gasteiger partial charge < -0.3 is 10.6 Å². The van der Waals surface area contributed by atoms with Crippen molar-refractivity contribution in [2.45, 2.75) is 44.4 Å². The highest BCUT2D eigenvalue weighted by atomic mass is 19.3. The molecule has 5 nitrogen and oxygen atoms in total. The van der Waals surface area contributed by atoms with Gasteiger partial charge in [-0.2, -0.15) is 0 Å².